The first-order valence-corrected chi connectivity index (χ1v) is 8.18. The molecule has 0 aromatic heterocycles. The molecular weight excluding hydrogens is 302 g/mol. The standard InChI is InChI=1S/C16H19NO4S/c1-2-10-17(22(20)21)15(16(18)19)11-13-8-5-7-12-6-3-4-9-14(12)13/h3-9,15H,2,10-11H2,1H3,(H,18,19)(H,20,21). The summed E-state index contributed by atoms with van der Waals surface area (Å²) in [5, 5.41) is 11.5. The van der Waals surface area contributed by atoms with E-state index in [1.54, 1.807) is 0 Å². The fourth-order valence-electron chi connectivity index (χ4n) is 2.55. The van der Waals surface area contributed by atoms with E-state index in [0.717, 1.165) is 20.6 Å². The third-order valence-electron chi connectivity index (χ3n) is 3.57. The van der Waals surface area contributed by atoms with Crippen molar-refractivity contribution >= 4 is 28.0 Å². The van der Waals surface area contributed by atoms with Crippen LogP contribution in [0.2, 0.25) is 0 Å². The highest BCUT2D eigenvalue weighted by molar-refractivity contribution is 7.76. The second kappa shape index (κ2) is 7.49. The number of carboxylic acids is 1. The van der Waals surface area contributed by atoms with E-state index in [1.165, 1.54) is 0 Å². The molecule has 0 aliphatic carbocycles. The van der Waals surface area contributed by atoms with Crippen molar-refractivity contribution in [1.29, 1.82) is 0 Å². The summed E-state index contributed by atoms with van der Waals surface area (Å²) in [6.45, 7) is 2.10. The zero-order valence-electron chi connectivity index (χ0n) is 12.3. The molecule has 2 aromatic rings. The first-order valence-electron chi connectivity index (χ1n) is 7.11. The molecule has 6 heteroatoms. The van der Waals surface area contributed by atoms with Gasteiger partial charge in [0.15, 0.2) is 0 Å². The van der Waals surface area contributed by atoms with E-state index < -0.39 is 23.3 Å². The van der Waals surface area contributed by atoms with Gasteiger partial charge in [-0.05, 0) is 22.8 Å². The number of nitrogens with zero attached hydrogens (tertiary/aromatic N) is 1. The second-order valence-electron chi connectivity index (χ2n) is 5.07. The molecule has 0 radical (unpaired) electrons. The number of fused-ring (bicyclic) bond motifs is 1. The molecule has 0 amide bonds. The van der Waals surface area contributed by atoms with Crippen molar-refractivity contribution in [3.05, 3.63) is 48.0 Å². The van der Waals surface area contributed by atoms with E-state index in [2.05, 4.69) is 0 Å². The summed E-state index contributed by atoms with van der Waals surface area (Å²) in [4.78, 5) is 11.6. The quantitative estimate of drug-likeness (QED) is 0.769. The molecule has 2 unspecified atom stereocenters. The highest BCUT2D eigenvalue weighted by Gasteiger charge is 2.29. The molecule has 0 saturated heterocycles. The van der Waals surface area contributed by atoms with Gasteiger partial charge >= 0.3 is 5.97 Å². The van der Waals surface area contributed by atoms with Crippen LogP contribution in [0.1, 0.15) is 18.9 Å². The molecule has 2 atom stereocenters. The van der Waals surface area contributed by atoms with Crippen LogP contribution in [-0.4, -0.2) is 36.7 Å². The van der Waals surface area contributed by atoms with Crippen molar-refractivity contribution in [2.24, 2.45) is 0 Å². The SMILES string of the molecule is CCCN(C(Cc1cccc2ccccc12)C(=O)O)S(=O)O. The van der Waals surface area contributed by atoms with Crippen LogP contribution in [0, 0.1) is 0 Å². The Morgan fingerprint density at radius 3 is 2.55 bits per heavy atom. The molecule has 0 aliphatic rings. The molecule has 2 aromatic carbocycles. The van der Waals surface area contributed by atoms with Gasteiger partial charge < -0.3 is 5.11 Å². The van der Waals surface area contributed by atoms with Crippen molar-refractivity contribution in [2.75, 3.05) is 6.54 Å². The van der Waals surface area contributed by atoms with Gasteiger partial charge in [-0.25, -0.2) is 4.21 Å². The van der Waals surface area contributed by atoms with Crippen LogP contribution < -0.4 is 0 Å². The molecule has 0 saturated carbocycles. The largest absolute Gasteiger partial charge is 0.480 e. The molecule has 0 fully saturated rings. The first-order chi connectivity index (χ1) is 10.5. The number of hydrogen-bond donors (Lipinski definition) is 2. The predicted octanol–water partition coefficient (Wildman–Crippen LogP) is 2.68. The average Bonchev–Trinajstić information content (AvgIpc) is 2.50. The molecular formula is C16H19NO4S. The lowest BCUT2D eigenvalue weighted by atomic mass is 9.99. The smallest absolute Gasteiger partial charge is 0.322 e. The fourth-order valence-corrected chi connectivity index (χ4v) is 3.28. The van der Waals surface area contributed by atoms with E-state index in [4.69, 9.17) is 0 Å². The lowest BCUT2D eigenvalue weighted by Crippen LogP contribution is -2.44. The Bertz CT molecular complexity index is 683. The van der Waals surface area contributed by atoms with E-state index in [-0.39, 0.29) is 13.0 Å². The average molecular weight is 321 g/mol. The number of carbonyl (C=O) groups is 1. The van der Waals surface area contributed by atoms with Gasteiger partial charge in [-0.2, -0.15) is 4.31 Å². The van der Waals surface area contributed by atoms with Gasteiger partial charge in [0.25, 0.3) is 0 Å². The van der Waals surface area contributed by atoms with Crippen LogP contribution in [0.4, 0.5) is 0 Å². The monoisotopic (exact) mass is 321 g/mol. The molecule has 5 nitrogen and oxygen atoms in total. The summed E-state index contributed by atoms with van der Waals surface area (Å²) in [5.74, 6) is -1.09. The van der Waals surface area contributed by atoms with Crippen LogP contribution >= 0.6 is 0 Å². The van der Waals surface area contributed by atoms with Crippen LogP contribution in [-0.2, 0) is 22.5 Å². The Kier molecular flexibility index (Phi) is 5.65. The normalized spacial score (nSPS) is 14.1. The topological polar surface area (TPSA) is 77.8 Å². The van der Waals surface area contributed by atoms with Gasteiger partial charge in [0.05, 0.1) is 0 Å². The van der Waals surface area contributed by atoms with Gasteiger partial charge in [0, 0.05) is 13.0 Å². The third kappa shape index (κ3) is 3.71. The summed E-state index contributed by atoms with van der Waals surface area (Å²) >= 11 is -2.31. The summed E-state index contributed by atoms with van der Waals surface area (Å²) in [6.07, 6.45) is 0.786. The van der Waals surface area contributed by atoms with E-state index >= 15 is 0 Å². The summed E-state index contributed by atoms with van der Waals surface area (Å²) in [6, 6.07) is 12.4. The van der Waals surface area contributed by atoms with Crippen molar-refractivity contribution in [3.8, 4) is 0 Å². The molecule has 2 N–H and O–H groups in total. The Morgan fingerprint density at radius 2 is 1.91 bits per heavy atom. The first kappa shape index (κ1) is 16.6. The van der Waals surface area contributed by atoms with E-state index in [0.29, 0.717) is 6.42 Å². The molecule has 2 rings (SSSR count). The Labute approximate surface area is 132 Å². The van der Waals surface area contributed by atoms with Gasteiger partial charge in [0.2, 0.25) is 11.3 Å². The van der Waals surface area contributed by atoms with Crippen molar-refractivity contribution < 1.29 is 18.7 Å². The lowest BCUT2D eigenvalue weighted by molar-refractivity contribution is -0.141. The minimum atomic E-state index is -2.31. The number of benzene rings is 2. The molecule has 0 bridgehead atoms. The molecule has 0 spiro atoms. The summed E-state index contributed by atoms with van der Waals surface area (Å²) < 4.78 is 22.0. The van der Waals surface area contributed by atoms with Crippen LogP contribution in [0.25, 0.3) is 10.8 Å². The van der Waals surface area contributed by atoms with Gasteiger partial charge in [-0.3, -0.25) is 9.35 Å². The highest BCUT2D eigenvalue weighted by atomic mass is 32.2. The molecule has 0 aliphatic heterocycles. The fraction of sp³-hybridized carbons (Fsp3) is 0.312. The van der Waals surface area contributed by atoms with Crippen LogP contribution in [0.5, 0.6) is 0 Å². The number of aliphatic carboxylic acids is 1. The molecule has 0 heterocycles. The zero-order valence-corrected chi connectivity index (χ0v) is 13.1. The van der Waals surface area contributed by atoms with E-state index in [1.807, 2.05) is 49.4 Å². The van der Waals surface area contributed by atoms with E-state index in [9.17, 15) is 18.7 Å². The molecule has 22 heavy (non-hydrogen) atoms. The second-order valence-corrected chi connectivity index (χ2v) is 6.00. The Hall–Kier alpha value is -1.76. The maximum atomic E-state index is 11.6. The van der Waals surface area contributed by atoms with Crippen molar-refractivity contribution in [1.82, 2.24) is 4.31 Å². The number of carboxylic acid groups (broad SMARTS) is 1. The Morgan fingerprint density at radius 1 is 1.23 bits per heavy atom. The van der Waals surface area contributed by atoms with Gasteiger partial charge in [-0.15, -0.1) is 0 Å². The zero-order chi connectivity index (χ0) is 16.1. The Balaban J connectivity index is 2.38. The maximum absolute atomic E-state index is 11.6. The maximum Gasteiger partial charge on any atom is 0.322 e. The van der Waals surface area contributed by atoms with Crippen LogP contribution in [0.15, 0.2) is 42.5 Å². The summed E-state index contributed by atoms with van der Waals surface area (Å²) in [5.41, 5.74) is 0.858. The van der Waals surface area contributed by atoms with Gasteiger partial charge in [0.1, 0.15) is 6.04 Å². The lowest BCUT2D eigenvalue weighted by Gasteiger charge is -2.24. The number of rotatable bonds is 7. The third-order valence-corrected chi connectivity index (χ3v) is 4.41. The minimum Gasteiger partial charge on any atom is -0.480 e. The summed E-state index contributed by atoms with van der Waals surface area (Å²) in [7, 11) is 0. The van der Waals surface area contributed by atoms with Crippen molar-refractivity contribution in [2.45, 2.75) is 25.8 Å². The minimum absolute atomic E-state index is 0.184. The predicted molar refractivity (Wildman–Crippen MR) is 86.8 cm³/mol. The van der Waals surface area contributed by atoms with Crippen molar-refractivity contribution in [3.63, 3.8) is 0 Å². The number of hydrogen-bond acceptors (Lipinski definition) is 2. The molecule has 118 valence electrons. The highest BCUT2D eigenvalue weighted by Crippen LogP contribution is 2.21. The van der Waals surface area contributed by atoms with Gasteiger partial charge in [-0.1, -0.05) is 49.4 Å². The van der Waals surface area contributed by atoms with Crippen LogP contribution in [0.3, 0.4) is 0 Å².